The molecular formula is C47H59N5O7. The molecule has 8 bridgehead atoms. The number of aliphatic hydroxyl groups excluding tert-OH is 4. The molecule has 314 valence electrons. The number of nitrogens with one attached hydrogen (secondary N) is 2. The summed E-state index contributed by atoms with van der Waals surface area (Å²) < 4.78 is 11.5. The van der Waals surface area contributed by atoms with Crippen LogP contribution >= 0.6 is 0 Å². The zero-order valence-corrected chi connectivity index (χ0v) is 35.5. The van der Waals surface area contributed by atoms with E-state index < -0.39 is 37.3 Å². The molecule has 0 amide bonds. The number of aryl methyl sites for hydroxylation is 4. The van der Waals surface area contributed by atoms with E-state index in [9.17, 15) is 25.5 Å². The highest BCUT2D eigenvalue weighted by atomic mass is 16.7. The number of aromatic amines is 2. The summed E-state index contributed by atoms with van der Waals surface area (Å²) in [4.78, 5) is 23.6. The molecule has 5 atom stereocenters. The van der Waals surface area contributed by atoms with Crippen LogP contribution in [0.4, 0.5) is 0 Å². The van der Waals surface area contributed by atoms with E-state index >= 15 is 0 Å². The third-order valence-electron chi connectivity index (χ3n) is 12.3. The maximum Gasteiger partial charge on any atom is 0.229 e. The average Bonchev–Trinajstić information content (AvgIpc) is 3.97. The number of hydrogen-bond acceptors (Lipinski definition) is 10. The zero-order valence-electron chi connectivity index (χ0n) is 35.5. The van der Waals surface area contributed by atoms with Crippen LogP contribution in [0.5, 0.6) is 11.5 Å². The van der Waals surface area contributed by atoms with Crippen LogP contribution < -0.4 is 4.74 Å². The third-order valence-corrected chi connectivity index (χ3v) is 12.3. The summed E-state index contributed by atoms with van der Waals surface area (Å²) in [7, 11) is 0. The van der Waals surface area contributed by atoms with E-state index in [2.05, 4.69) is 77.5 Å². The summed E-state index contributed by atoms with van der Waals surface area (Å²) in [5.74, 6) is 0.516. The van der Waals surface area contributed by atoms with Gasteiger partial charge in [-0.05, 0) is 120 Å². The van der Waals surface area contributed by atoms with E-state index in [-0.39, 0.29) is 11.5 Å². The number of aromatic nitrogens is 5. The monoisotopic (exact) mass is 805 g/mol. The highest BCUT2D eigenvalue weighted by molar-refractivity contribution is 6.02. The standard InChI is InChI=1S/C47H59N5O7/c1-9-24-28(13-5)40-39(23-17-18-37(36(54)19-23)58-47-44(57)43(56)42(55)38(22-53)59-47)41-29(14-6)25(10-2)33(49-41)21-35-27(12-4)31(16-8)46(51-35)52-45-30(15-7)26(11-3)34(50-45)20-32(24)48-40/h17-21,38,42-44,47-48,53-57H,9-16,22H2,1-8H3,(H,50,51,52)/t38-,42+,43+,44-,47-/m1/s1. The molecule has 7 N–H and O–H groups in total. The number of H-pyrrole nitrogens is 2. The molecule has 3 aliphatic heterocycles. The van der Waals surface area contributed by atoms with E-state index in [1.165, 1.54) is 22.3 Å². The minimum absolute atomic E-state index is 0.00416. The Morgan fingerprint density at radius 1 is 0.627 bits per heavy atom. The number of fused-ring (bicyclic) bond motifs is 8. The molecule has 1 aromatic carbocycles. The molecule has 6 heterocycles. The van der Waals surface area contributed by atoms with Gasteiger partial charge in [-0.1, -0.05) is 61.5 Å². The minimum atomic E-state index is -1.63. The molecule has 0 spiro atoms. The molecule has 59 heavy (non-hydrogen) atoms. The number of hydrogen-bond donors (Lipinski definition) is 7. The van der Waals surface area contributed by atoms with Gasteiger partial charge in [0.2, 0.25) is 6.29 Å². The van der Waals surface area contributed by atoms with E-state index in [4.69, 9.17) is 24.4 Å². The molecule has 1 fully saturated rings. The van der Waals surface area contributed by atoms with Crippen molar-refractivity contribution in [2.75, 3.05) is 6.61 Å². The Morgan fingerprint density at radius 3 is 1.81 bits per heavy atom. The fourth-order valence-corrected chi connectivity index (χ4v) is 9.33. The number of aliphatic hydroxyl groups is 4. The Bertz CT molecular complexity index is 2480. The first-order valence-corrected chi connectivity index (χ1v) is 21.4. The quantitative estimate of drug-likeness (QED) is 0.0740. The fourth-order valence-electron chi connectivity index (χ4n) is 9.33. The second-order valence-corrected chi connectivity index (χ2v) is 15.4. The number of rotatable bonds is 12. The maximum atomic E-state index is 11.6. The lowest BCUT2D eigenvalue weighted by atomic mass is 9.93. The van der Waals surface area contributed by atoms with Gasteiger partial charge in [-0.15, -0.1) is 0 Å². The summed E-state index contributed by atoms with van der Waals surface area (Å²) in [6, 6.07) is 9.42. The van der Waals surface area contributed by atoms with E-state index in [1.54, 1.807) is 12.1 Å². The predicted molar refractivity (Wildman–Crippen MR) is 233 cm³/mol. The predicted octanol–water partition coefficient (Wildman–Crippen LogP) is 7.97. The first-order chi connectivity index (χ1) is 28.5. The van der Waals surface area contributed by atoms with Crippen molar-refractivity contribution in [3.8, 4) is 22.6 Å². The molecule has 0 saturated carbocycles. The lowest BCUT2D eigenvalue weighted by molar-refractivity contribution is -0.277. The van der Waals surface area contributed by atoms with Crippen LogP contribution in [-0.4, -0.2) is 87.8 Å². The Morgan fingerprint density at radius 2 is 1.22 bits per heavy atom. The summed E-state index contributed by atoms with van der Waals surface area (Å²) in [5.41, 5.74) is 17.1. The number of benzene rings is 1. The second kappa shape index (κ2) is 17.4. The van der Waals surface area contributed by atoms with Crippen molar-refractivity contribution in [2.45, 2.75) is 137 Å². The third kappa shape index (κ3) is 7.29. The number of nitrogens with zero attached hydrogens (tertiary/aromatic N) is 3. The number of allylic oxidation sites excluding steroid dienone is 4. The highest BCUT2D eigenvalue weighted by Gasteiger charge is 2.45. The summed E-state index contributed by atoms with van der Waals surface area (Å²) >= 11 is 0. The zero-order chi connectivity index (χ0) is 42.3. The van der Waals surface area contributed by atoms with Crippen molar-refractivity contribution < 1.29 is 35.0 Å². The average molecular weight is 806 g/mol. The van der Waals surface area contributed by atoms with Crippen LogP contribution in [0.1, 0.15) is 126 Å². The van der Waals surface area contributed by atoms with Gasteiger partial charge in [0.25, 0.3) is 0 Å². The SMILES string of the molecule is CCC1=C(CC)c2nc1cc1[nH]c(c(CC)c1CC)c(-c1ccc(O[C@@H]3O[C@H](CO)[C@H](O)[C@H](O)[C@H]3O)c(O)c1)c1nc(cc3[nH]c(n2)c(CC)c3CC)C(CC)=C1CC. The summed E-state index contributed by atoms with van der Waals surface area (Å²) in [5, 5.41) is 52.8. The van der Waals surface area contributed by atoms with E-state index in [1.807, 2.05) is 6.07 Å². The topological polar surface area (TPSA) is 190 Å². The Labute approximate surface area is 345 Å². The van der Waals surface area contributed by atoms with Gasteiger partial charge >= 0.3 is 0 Å². The molecule has 4 aromatic rings. The van der Waals surface area contributed by atoms with Gasteiger partial charge in [0.05, 0.1) is 29.2 Å². The Hall–Kier alpha value is -4.85. The van der Waals surface area contributed by atoms with Crippen molar-refractivity contribution in [2.24, 2.45) is 0 Å². The first-order valence-electron chi connectivity index (χ1n) is 21.4. The Kier molecular flexibility index (Phi) is 12.5. The van der Waals surface area contributed by atoms with Crippen molar-refractivity contribution in [3.63, 3.8) is 0 Å². The molecule has 0 aliphatic carbocycles. The van der Waals surface area contributed by atoms with Gasteiger partial charge in [-0.3, -0.25) is 0 Å². The molecule has 3 aliphatic rings. The molecule has 3 aromatic heterocycles. The summed E-state index contributed by atoms with van der Waals surface area (Å²) in [6.07, 6.45) is -1.17. The molecule has 7 rings (SSSR count). The first kappa shape index (κ1) is 42.3. The van der Waals surface area contributed by atoms with Crippen LogP contribution in [0.25, 0.3) is 55.6 Å². The van der Waals surface area contributed by atoms with Crippen LogP contribution in [0.15, 0.2) is 30.3 Å². The van der Waals surface area contributed by atoms with Crippen molar-refractivity contribution in [1.82, 2.24) is 24.9 Å². The molecule has 12 nitrogen and oxygen atoms in total. The van der Waals surface area contributed by atoms with E-state index in [0.29, 0.717) is 5.56 Å². The molecule has 12 heteroatoms. The van der Waals surface area contributed by atoms with Gasteiger partial charge in [-0.2, -0.15) is 0 Å². The number of ether oxygens (including phenoxy) is 2. The van der Waals surface area contributed by atoms with Gasteiger partial charge in [0, 0.05) is 22.2 Å². The molecule has 1 saturated heterocycles. The van der Waals surface area contributed by atoms with Gasteiger partial charge in [0.15, 0.2) is 17.3 Å². The van der Waals surface area contributed by atoms with E-state index in [0.717, 1.165) is 124 Å². The number of phenolic OH excluding ortho intramolecular Hbond substituents is 1. The highest BCUT2D eigenvalue weighted by Crippen LogP contribution is 2.45. The van der Waals surface area contributed by atoms with Crippen molar-refractivity contribution >= 4 is 44.5 Å². The van der Waals surface area contributed by atoms with Crippen LogP contribution in [0, 0.1) is 0 Å². The normalized spacial score (nSPS) is 20.8. The van der Waals surface area contributed by atoms with Gasteiger partial charge in [0.1, 0.15) is 30.1 Å². The number of phenols is 1. The lowest BCUT2D eigenvalue weighted by Crippen LogP contribution is -2.60. The van der Waals surface area contributed by atoms with Crippen LogP contribution in [0.2, 0.25) is 0 Å². The van der Waals surface area contributed by atoms with Gasteiger partial charge in [-0.25, -0.2) is 15.0 Å². The van der Waals surface area contributed by atoms with Crippen molar-refractivity contribution in [1.29, 1.82) is 0 Å². The van der Waals surface area contributed by atoms with Gasteiger partial charge < -0.3 is 45.0 Å². The number of aromatic hydroxyl groups is 1. The maximum absolute atomic E-state index is 11.6. The lowest BCUT2D eigenvalue weighted by Gasteiger charge is -2.39. The molecular weight excluding hydrogens is 747 g/mol. The Balaban J connectivity index is 1.58. The van der Waals surface area contributed by atoms with Crippen molar-refractivity contribution in [3.05, 3.63) is 75.5 Å². The largest absolute Gasteiger partial charge is 0.504 e. The smallest absolute Gasteiger partial charge is 0.229 e. The fraction of sp³-hybridized carbons (Fsp3) is 0.468. The molecule has 0 unspecified atom stereocenters. The molecule has 0 radical (unpaired) electrons. The summed E-state index contributed by atoms with van der Waals surface area (Å²) in [6.45, 7) is 16.7. The minimum Gasteiger partial charge on any atom is -0.504 e. The van der Waals surface area contributed by atoms with Crippen LogP contribution in [-0.2, 0) is 30.4 Å². The second-order valence-electron chi connectivity index (χ2n) is 15.4. The van der Waals surface area contributed by atoms with Crippen LogP contribution in [0.3, 0.4) is 0 Å².